The molecule has 0 aliphatic rings. The quantitative estimate of drug-likeness (QED) is 0.866. The smallest absolute Gasteiger partial charge is 0.0702 e. The van der Waals surface area contributed by atoms with E-state index in [1.54, 1.807) is 0 Å². The molecule has 1 unspecified atom stereocenters. The molecule has 98 valence electrons. The van der Waals surface area contributed by atoms with Gasteiger partial charge in [0.2, 0.25) is 0 Å². The summed E-state index contributed by atoms with van der Waals surface area (Å²) in [6.45, 7) is 8.41. The molecule has 0 saturated carbocycles. The second kappa shape index (κ2) is 6.16. The van der Waals surface area contributed by atoms with Gasteiger partial charge in [-0.25, -0.2) is 0 Å². The average Bonchev–Trinajstić information content (AvgIpc) is 2.96. The highest BCUT2D eigenvalue weighted by molar-refractivity contribution is 7.12. The van der Waals surface area contributed by atoms with Crippen LogP contribution in [0.4, 0.5) is 0 Å². The molecule has 0 radical (unpaired) electrons. The van der Waals surface area contributed by atoms with Crippen molar-refractivity contribution in [3.63, 3.8) is 0 Å². The van der Waals surface area contributed by atoms with Crippen molar-refractivity contribution in [2.75, 3.05) is 6.54 Å². The maximum absolute atomic E-state index is 4.42. The Balaban J connectivity index is 2.23. The molecule has 0 saturated heterocycles. The number of aromatic nitrogens is 2. The van der Waals surface area contributed by atoms with Crippen molar-refractivity contribution < 1.29 is 0 Å². The third kappa shape index (κ3) is 3.00. The Morgan fingerprint density at radius 1 is 1.39 bits per heavy atom. The molecule has 0 fully saturated rings. The first-order valence-corrected chi connectivity index (χ1v) is 7.38. The highest BCUT2D eigenvalue weighted by Crippen LogP contribution is 2.28. The highest BCUT2D eigenvalue weighted by atomic mass is 32.1. The van der Waals surface area contributed by atoms with Crippen LogP contribution < -0.4 is 5.32 Å². The molecule has 1 N–H and O–H groups in total. The summed E-state index contributed by atoms with van der Waals surface area (Å²) in [6.07, 6.45) is 5.26. The molecule has 1 atom stereocenters. The zero-order valence-electron chi connectivity index (χ0n) is 11.3. The van der Waals surface area contributed by atoms with Gasteiger partial charge in [0.15, 0.2) is 0 Å². The average molecular weight is 263 g/mol. The monoisotopic (exact) mass is 263 g/mol. The second-order valence-electron chi connectivity index (χ2n) is 4.48. The summed E-state index contributed by atoms with van der Waals surface area (Å²) >= 11 is 1.85. The van der Waals surface area contributed by atoms with E-state index in [0.29, 0.717) is 0 Å². The number of aryl methyl sites for hydroxylation is 2. The van der Waals surface area contributed by atoms with Crippen molar-refractivity contribution in [2.24, 2.45) is 0 Å². The van der Waals surface area contributed by atoms with Crippen LogP contribution in [0.1, 0.15) is 41.6 Å². The van der Waals surface area contributed by atoms with Crippen LogP contribution in [0.3, 0.4) is 0 Å². The molecule has 0 bridgehead atoms. The Kier molecular flexibility index (Phi) is 4.55. The van der Waals surface area contributed by atoms with E-state index < -0.39 is 0 Å². The van der Waals surface area contributed by atoms with Crippen LogP contribution in [0.25, 0.3) is 0 Å². The van der Waals surface area contributed by atoms with Crippen LogP contribution in [-0.2, 0) is 6.54 Å². The fourth-order valence-corrected chi connectivity index (χ4v) is 3.06. The van der Waals surface area contributed by atoms with E-state index in [4.69, 9.17) is 0 Å². The summed E-state index contributed by atoms with van der Waals surface area (Å²) in [6, 6.07) is 4.67. The fraction of sp³-hybridized carbons (Fsp3) is 0.500. The first-order chi connectivity index (χ1) is 8.74. The third-order valence-corrected chi connectivity index (χ3v) is 3.96. The second-order valence-corrected chi connectivity index (χ2v) is 5.80. The molecule has 2 heterocycles. The van der Waals surface area contributed by atoms with E-state index >= 15 is 0 Å². The van der Waals surface area contributed by atoms with Crippen LogP contribution in [0.2, 0.25) is 0 Å². The summed E-state index contributed by atoms with van der Waals surface area (Å²) in [4.78, 5) is 2.72. The van der Waals surface area contributed by atoms with Crippen molar-refractivity contribution >= 4 is 11.3 Å². The van der Waals surface area contributed by atoms with Crippen molar-refractivity contribution in [1.82, 2.24) is 15.1 Å². The van der Waals surface area contributed by atoms with Crippen molar-refractivity contribution in [2.45, 2.75) is 39.8 Å². The van der Waals surface area contributed by atoms with Gasteiger partial charge in [0.25, 0.3) is 0 Å². The molecule has 2 rings (SSSR count). The van der Waals surface area contributed by atoms with E-state index in [9.17, 15) is 0 Å². The number of nitrogens with one attached hydrogen (secondary N) is 1. The van der Waals surface area contributed by atoms with Gasteiger partial charge < -0.3 is 5.32 Å². The lowest BCUT2D eigenvalue weighted by Gasteiger charge is -2.14. The summed E-state index contributed by atoms with van der Waals surface area (Å²) in [5.74, 6) is 0. The van der Waals surface area contributed by atoms with Crippen molar-refractivity contribution in [3.05, 3.63) is 39.8 Å². The molecule has 18 heavy (non-hydrogen) atoms. The summed E-state index contributed by atoms with van der Waals surface area (Å²) < 4.78 is 2.03. The van der Waals surface area contributed by atoms with Crippen LogP contribution >= 0.6 is 11.3 Å². The Bertz CT molecular complexity index is 487. The van der Waals surface area contributed by atoms with Gasteiger partial charge >= 0.3 is 0 Å². The van der Waals surface area contributed by atoms with E-state index in [1.165, 1.54) is 15.3 Å². The molecule has 0 aromatic carbocycles. The molecule has 3 nitrogen and oxygen atoms in total. The maximum Gasteiger partial charge on any atom is 0.0702 e. The number of thiophene rings is 1. The molecule has 4 heteroatoms. The number of hydrogen-bond acceptors (Lipinski definition) is 3. The van der Waals surface area contributed by atoms with Crippen LogP contribution in [-0.4, -0.2) is 16.3 Å². The molecular formula is C14H21N3S. The molecule has 0 aliphatic carbocycles. The van der Waals surface area contributed by atoms with Crippen molar-refractivity contribution in [1.29, 1.82) is 0 Å². The zero-order valence-corrected chi connectivity index (χ0v) is 12.1. The topological polar surface area (TPSA) is 29.9 Å². The van der Waals surface area contributed by atoms with Gasteiger partial charge in [-0.3, -0.25) is 4.68 Å². The molecule has 2 aromatic rings. The Hall–Kier alpha value is -1.13. The van der Waals surface area contributed by atoms with Gasteiger partial charge in [0, 0.05) is 28.1 Å². The number of hydrogen-bond donors (Lipinski definition) is 1. The predicted octanol–water partition coefficient (Wildman–Crippen LogP) is 3.36. The predicted molar refractivity (Wildman–Crippen MR) is 77.1 cm³/mol. The fourth-order valence-electron chi connectivity index (χ4n) is 2.08. The summed E-state index contributed by atoms with van der Waals surface area (Å²) in [5.41, 5.74) is 1.26. The number of nitrogens with zero attached hydrogens (tertiary/aromatic N) is 2. The van der Waals surface area contributed by atoms with Crippen LogP contribution in [0.5, 0.6) is 0 Å². The molecule has 2 aromatic heterocycles. The summed E-state index contributed by atoms with van der Waals surface area (Å²) in [5, 5.41) is 7.96. The van der Waals surface area contributed by atoms with Gasteiger partial charge in [-0.15, -0.1) is 11.3 Å². The van der Waals surface area contributed by atoms with Gasteiger partial charge in [0.05, 0.1) is 12.2 Å². The van der Waals surface area contributed by atoms with Crippen LogP contribution in [0, 0.1) is 6.92 Å². The van der Waals surface area contributed by atoms with E-state index in [1.807, 2.05) is 22.2 Å². The Morgan fingerprint density at radius 2 is 2.22 bits per heavy atom. The van der Waals surface area contributed by atoms with E-state index in [-0.39, 0.29) is 6.04 Å². The minimum absolute atomic E-state index is 0.277. The van der Waals surface area contributed by atoms with Crippen molar-refractivity contribution in [3.8, 4) is 0 Å². The standard InChI is InChI=1S/C14H21N3S/c1-4-8-17-10-12(9-16-17)14(15-5-2)13-7-6-11(3)18-13/h6-7,9-10,14-15H,4-5,8H2,1-3H3. The lowest BCUT2D eigenvalue weighted by molar-refractivity contribution is 0.598. The zero-order chi connectivity index (χ0) is 13.0. The molecule has 0 amide bonds. The third-order valence-electron chi connectivity index (χ3n) is 2.89. The van der Waals surface area contributed by atoms with Gasteiger partial charge in [0.1, 0.15) is 0 Å². The van der Waals surface area contributed by atoms with E-state index in [2.05, 4.69) is 49.5 Å². The normalized spacial score (nSPS) is 12.8. The highest BCUT2D eigenvalue weighted by Gasteiger charge is 2.16. The lowest BCUT2D eigenvalue weighted by Crippen LogP contribution is -2.20. The van der Waals surface area contributed by atoms with E-state index in [0.717, 1.165) is 19.5 Å². The maximum atomic E-state index is 4.42. The first-order valence-electron chi connectivity index (χ1n) is 6.56. The SMILES string of the molecule is CCCn1cc(C(NCC)c2ccc(C)s2)cn1. The van der Waals surface area contributed by atoms with Gasteiger partial charge in [-0.1, -0.05) is 13.8 Å². The van der Waals surface area contributed by atoms with Gasteiger partial charge in [-0.2, -0.15) is 5.10 Å². The summed E-state index contributed by atoms with van der Waals surface area (Å²) in [7, 11) is 0. The molecular weight excluding hydrogens is 242 g/mol. The minimum Gasteiger partial charge on any atom is -0.306 e. The molecule has 0 spiro atoms. The first kappa shape index (κ1) is 13.3. The Labute approximate surface area is 113 Å². The largest absolute Gasteiger partial charge is 0.306 e. The lowest BCUT2D eigenvalue weighted by atomic mass is 10.1. The van der Waals surface area contributed by atoms with Crippen LogP contribution in [0.15, 0.2) is 24.5 Å². The Morgan fingerprint density at radius 3 is 2.83 bits per heavy atom. The minimum atomic E-state index is 0.277. The van der Waals surface area contributed by atoms with Gasteiger partial charge in [-0.05, 0) is 32.0 Å². The molecule has 0 aliphatic heterocycles. The number of rotatable bonds is 6.